The van der Waals surface area contributed by atoms with Crippen LogP contribution in [-0.2, 0) is 10.3 Å². The summed E-state index contributed by atoms with van der Waals surface area (Å²) in [6, 6.07) is 12.9. The van der Waals surface area contributed by atoms with E-state index in [9.17, 15) is 13.6 Å². The molecule has 2 atom stereocenters. The van der Waals surface area contributed by atoms with Crippen LogP contribution in [0.4, 0.5) is 19.3 Å². The highest BCUT2D eigenvalue weighted by molar-refractivity contribution is 8.14. The van der Waals surface area contributed by atoms with E-state index < -0.39 is 28.9 Å². The summed E-state index contributed by atoms with van der Waals surface area (Å²) < 4.78 is 34.6. The molecule has 1 saturated heterocycles. The summed E-state index contributed by atoms with van der Waals surface area (Å²) in [5.74, 6) is -0.644. The zero-order valence-electron chi connectivity index (χ0n) is 17.7. The number of carbonyl (C=O) groups is 1. The molecule has 0 spiro atoms. The number of para-hydroxylation sites is 1. The highest BCUT2D eigenvalue weighted by atomic mass is 32.2. The smallest absolute Gasteiger partial charge is 0.410 e. The molecule has 2 aromatic carbocycles. The topological polar surface area (TPSA) is 53.9 Å². The van der Waals surface area contributed by atoms with E-state index in [1.807, 2.05) is 30.3 Å². The van der Waals surface area contributed by atoms with Crippen molar-refractivity contribution in [3.05, 3.63) is 65.7 Å². The number of thioether (sulfide) groups is 1. The summed E-state index contributed by atoms with van der Waals surface area (Å²) in [5.41, 5.74) is -0.730. The molecule has 0 aliphatic carbocycles. The molecule has 2 heterocycles. The second-order valence-electron chi connectivity index (χ2n) is 8.83. The quantitative estimate of drug-likeness (QED) is 0.687. The molecule has 2 aliphatic heterocycles. The number of hydrogen-bond acceptors (Lipinski definition) is 5. The fraction of sp³-hybridized carbons (Fsp3) is 0.391. The number of fused-ring (bicyclic) bond motifs is 1. The van der Waals surface area contributed by atoms with Crippen LogP contribution in [0.15, 0.2) is 53.5 Å². The van der Waals surface area contributed by atoms with E-state index >= 15 is 0 Å². The Bertz CT molecular complexity index is 1010. The summed E-state index contributed by atoms with van der Waals surface area (Å²) >= 11 is 1.51. The lowest BCUT2D eigenvalue weighted by molar-refractivity contribution is 0.0282. The summed E-state index contributed by atoms with van der Waals surface area (Å²) in [6.45, 7) is 5.87. The van der Waals surface area contributed by atoms with Gasteiger partial charge in [-0.25, -0.2) is 18.6 Å². The minimum Gasteiger partial charge on any atom is -0.444 e. The van der Waals surface area contributed by atoms with Crippen molar-refractivity contribution in [2.75, 3.05) is 24.2 Å². The van der Waals surface area contributed by atoms with Crippen LogP contribution < -0.4 is 5.32 Å². The Hall–Kier alpha value is -2.61. The van der Waals surface area contributed by atoms with Crippen LogP contribution in [0.5, 0.6) is 0 Å². The predicted octanol–water partition coefficient (Wildman–Crippen LogP) is 5.24. The van der Waals surface area contributed by atoms with E-state index in [2.05, 4.69) is 5.32 Å². The van der Waals surface area contributed by atoms with Crippen LogP contribution in [0.2, 0.25) is 0 Å². The van der Waals surface area contributed by atoms with Crippen LogP contribution in [0, 0.1) is 17.6 Å². The Balaban J connectivity index is 1.73. The third kappa shape index (κ3) is 4.54. The van der Waals surface area contributed by atoms with Crippen LogP contribution >= 0.6 is 11.8 Å². The van der Waals surface area contributed by atoms with Gasteiger partial charge in [-0.15, -0.1) is 0 Å². The number of amidine groups is 1. The SMILES string of the molecule is CC(C)(C)OC(=O)N1CC2CSC(Nc3ccccc3)=NC2(c2cc(F)ccc2F)C1. The first-order chi connectivity index (χ1) is 14.7. The molecule has 2 aromatic rings. The van der Waals surface area contributed by atoms with Crippen molar-refractivity contribution in [2.24, 2.45) is 10.9 Å². The molecule has 0 saturated carbocycles. The van der Waals surface area contributed by atoms with Gasteiger partial charge in [-0.3, -0.25) is 0 Å². The fourth-order valence-electron chi connectivity index (χ4n) is 3.98. The van der Waals surface area contributed by atoms with Gasteiger partial charge in [0.2, 0.25) is 0 Å². The molecule has 8 heteroatoms. The van der Waals surface area contributed by atoms with E-state index in [-0.39, 0.29) is 18.0 Å². The fourth-order valence-corrected chi connectivity index (χ4v) is 5.14. The molecule has 2 unspecified atom stereocenters. The van der Waals surface area contributed by atoms with Gasteiger partial charge in [-0.2, -0.15) is 0 Å². The summed E-state index contributed by atoms with van der Waals surface area (Å²) in [4.78, 5) is 19.2. The Morgan fingerprint density at radius 2 is 1.97 bits per heavy atom. The van der Waals surface area contributed by atoms with Gasteiger partial charge in [0.25, 0.3) is 0 Å². The van der Waals surface area contributed by atoms with Gasteiger partial charge < -0.3 is 15.0 Å². The number of rotatable bonds is 2. The van der Waals surface area contributed by atoms with E-state index in [4.69, 9.17) is 9.73 Å². The predicted molar refractivity (Wildman–Crippen MR) is 119 cm³/mol. The zero-order valence-corrected chi connectivity index (χ0v) is 18.5. The number of ether oxygens (including phenoxy) is 1. The number of amides is 1. The van der Waals surface area contributed by atoms with Crippen LogP contribution in [0.3, 0.4) is 0 Å². The molecule has 0 aromatic heterocycles. The maximum atomic E-state index is 14.9. The number of anilines is 1. The van der Waals surface area contributed by atoms with Gasteiger partial charge in [0.1, 0.15) is 22.8 Å². The Labute approximate surface area is 184 Å². The van der Waals surface area contributed by atoms with Gasteiger partial charge >= 0.3 is 6.09 Å². The maximum Gasteiger partial charge on any atom is 0.410 e. The number of halogens is 2. The van der Waals surface area contributed by atoms with Crippen LogP contribution in [0.25, 0.3) is 0 Å². The van der Waals surface area contributed by atoms with Gasteiger partial charge in [-0.05, 0) is 51.1 Å². The first-order valence-corrected chi connectivity index (χ1v) is 11.1. The van der Waals surface area contributed by atoms with Gasteiger partial charge in [0.15, 0.2) is 5.17 Å². The van der Waals surface area contributed by atoms with E-state index in [1.54, 1.807) is 25.7 Å². The van der Waals surface area contributed by atoms with Gasteiger partial charge in [0.05, 0.1) is 6.54 Å². The number of carbonyl (C=O) groups excluding carboxylic acids is 1. The number of aliphatic imine (C=N–C) groups is 1. The van der Waals surface area contributed by atoms with Gasteiger partial charge in [0, 0.05) is 29.5 Å². The monoisotopic (exact) mass is 445 g/mol. The minimum absolute atomic E-state index is 0.119. The van der Waals surface area contributed by atoms with Crippen LogP contribution in [0.1, 0.15) is 26.3 Å². The first kappa shape index (κ1) is 21.6. The van der Waals surface area contributed by atoms with Crippen molar-refractivity contribution in [1.29, 1.82) is 0 Å². The average molecular weight is 446 g/mol. The molecule has 5 nitrogen and oxygen atoms in total. The Kier molecular flexibility index (Phi) is 5.68. The maximum absolute atomic E-state index is 14.9. The molecular weight excluding hydrogens is 420 g/mol. The number of hydrogen-bond donors (Lipinski definition) is 1. The van der Waals surface area contributed by atoms with E-state index in [0.717, 1.165) is 17.8 Å². The third-order valence-electron chi connectivity index (χ3n) is 5.34. The molecule has 31 heavy (non-hydrogen) atoms. The summed E-state index contributed by atoms with van der Waals surface area (Å²) in [7, 11) is 0. The second-order valence-corrected chi connectivity index (χ2v) is 9.83. The Morgan fingerprint density at radius 1 is 1.23 bits per heavy atom. The van der Waals surface area contributed by atoms with Crippen molar-refractivity contribution < 1.29 is 18.3 Å². The standard InChI is InChI=1S/C23H25F2N3O2S/c1-22(2,3)30-21(29)28-12-15-13-31-20(26-17-7-5-4-6-8-17)27-23(15,14-28)18-11-16(24)9-10-19(18)25/h4-11,15H,12-14H2,1-3H3,(H,26,27). The molecule has 0 radical (unpaired) electrons. The van der Waals surface area contributed by atoms with E-state index in [1.165, 1.54) is 17.8 Å². The van der Waals surface area contributed by atoms with Crippen molar-refractivity contribution in [1.82, 2.24) is 4.90 Å². The number of likely N-dealkylation sites (tertiary alicyclic amines) is 1. The zero-order chi connectivity index (χ0) is 22.2. The molecule has 4 rings (SSSR count). The molecular formula is C23H25F2N3O2S. The molecule has 1 fully saturated rings. The van der Waals surface area contributed by atoms with Crippen molar-refractivity contribution in [3.63, 3.8) is 0 Å². The Morgan fingerprint density at radius 3 is 2.68 bits per heavy atom. The second kappa shape index (κ2) is 8.15. The number of nitrogens with one attached hydrogen (secondary N) is 1. The first-order valence-electron chi connectivity index (χ1n) is 10.1. The highest BCUT2D eigenvalue weighted by Crippen LogP contribution is 2.47. The largest absolute Gasteiger partial charge is 0.444 e. The van der Waals surface area contributed by atoms with Gasteiger partial charge in [-0.1, -0.05) is 30.0 Å². The molecule has 2 aliphatic rings. The van der Waals surface area contributed by atoms with Crippen molar-refractivity contribution in [2.45, 2.75) is 31.9 Å². The summed E-state index contributed by atoms with van der Waals surface area (Å²) in [5, 5.41) is 3.87. The lowest BCUT2D eigenvalue weighted by Gasteiger charge is -2.35. The average Bonchev–Trinajstić information content (AvgIpc) is 3.09. The number of nitrogens with zero attached hydrogens (tertiary/aromatic N) is 2. The lowest BCUT2D eigenvalue weighted by Crippen LogP contribution is -2.41. The minimum atomic E-state index is -1.09. The van der Waals surface area contributed by atoms with Crippen molar-refractivity contribution >= 4 is 28.7 Å². The van der Waals surface area contributed by atoms with E-state index in [0.29, 0.717) is 17.5 Å². The lowest BCUT2D eigenvalue weighted by atomic mass is 9.81. The molecule has 0 bridgehead atoms. The molecule has 1 N–H and O–H groups in total. The molecule has 1 amide bonds. The van der Waals surface area contributed by atoms with Crippen molar-refractivity contribution in [3.8, 4) is 0 Å². The third-order valence-corrected chi connectivity index (χ3v) is 6.38. The highest BCUT2D eigenvalue weighted by Gasteiger charge is 2.53. The van der Waals surface area contributed by atoms with Crippen LogP contribution in [-0.4, -0.2) is 40.6 Å². The normalized spacial score (nSPS) is 23.2. The summed E-state index contributed by atoms with van der Waals surface area (Å²) in [6.07, 6.45) is -0.476. The molecule has 164 valence electrons. The number of benzene rings is 2.